The average Bonchev–Trinajstić information content (AvgIpc) is 2.95. The Balaban J connectivity index is 1.54. The zero-order valence-electron chi connectivity index (χ0n) is 23.7. The van der Waals surface area contributed by atoms with Crippen molar-refractivity contribution in [1.82, 2.24) is 5.32 Å². The van der Waals surface area contributed by atoms with Gasteiger partial charge in [-0.1, -0.05) is 86.5 Å². The number of amides is 1. The fourth-order valence-electron chi connectivity index (χ4n) is 4.26. The second-order valence-electron chi connectivity index (χ2n) is 10.8. The molecule has 8 heteroatoms. The smallest absolute Gasteiger partial charge is 0.264 e. The van der Waals surface area contributed by atoms with Crippen LogP contribution in [0.3, 0.4) is 0 Å². The Hall–Kier alpha value is -3.81. The van der Waals surface area contributed by atoms with Crippen LogP contribution in [0.5, 0.6) is 5.75 Å². The van der Waals surface area contributed by atoms with Gasteiger partial charge in [-0.2, -0.15) is 0 Å². The zero-order chi connectivity index (χ0) is 29.6. The third-order valence-electron chi connectivity index (χ3n) is 6.64. The maximum Gasteiger partial charge on any atom is 0.264 e. The van der Waals surface area contributed by atoms with Crippen molar-refractivity contribution in [3.63, 3.8) is 0 Å². The van der Waals surface area contributed by atoms with E-state index >= 15 is 0 Å². The standard InChI is InChI=1S/C33H35ClN2O4S/c1-24-9-19-29(20-10-24)41(38,39)36(23-25-11-15-27(34)16-12-25)31-8-6-5-7-30(31)32(37)35-21-22-40-28-17-13-26(14-18-28)33(2,3)4/h5-20H,21-23H2,1-4H3,(H,35,37). The van der Waals surface area contributed by atoms with Gasteiger partial charge in [0.05, 0.1) is 29.2 Å². The summed E-state index contributed by atoms with van der Waals surface area (Å²) >= 11 is 6.06. The third-order valence-corrected chi connectivity index (χ3v) is 8.67. The molecule has 0 fully saturated rings. The van der Waals surface area contributed by atoms with Crippen LogP contribution >= 0.6 is 11.6 Å². The highest BCUT2D eigenvalue weighted by Gasteiger charge is 2.28. The molecule has 0 atom stereocenters. The van der Waals surface area contributed by atoms with Crippen molar-refractivity contribution in [2.75, 3.05) is 17.5 Å². The Morgan fingerprint density at radius 2 is 1.51 bits per heavy atom. The number of rotatable bonds is 10. The van der Waals surface area contributed by atoms with Crippen LogP contribution in [0.1, 0.15) is 47.8 Å². The lowest BCUT2D eigenvalue weighted by Gasteiger charge is -2.27. The minimum atomic E-state index is -4.01. The lowest BCUT2D eigenvalue weighted by atomic mass is 9.87. The van der Waals surface area contributed by atoms with Crippen LogP contribution in [0.25, 0.3) is 0 Å². The number of nitrogens with one attached hydrogen (secondary N) is 1. The van der Waals surface area contributed by atoms with E-state index < -0.39 is 15.9 Å². The number of anilines is 1. The number of ether oxygens (including phenoxy) is 1. The van der Waals surface area contributed by atoms with Crippen LogP contribution in [-0.4, -0.2) is 27.5 Å². The number of aryl methyl sites for hydroxylation is 1. The third kappa shape index (κ3) is 7.69. The minimum absolute atomic E-state index is 0.0192. The first kappa shape index (κ1) is 30.2. The van der Waals surface area contributed by atoms with Gasteiger partial charge < -0.3 is 10.1 Å². The van der Waals surface area contributed by atoms with E-state index in [1.54, 1.807) is 72.8 Å². The first-order valence-electron chi connectivity index (χ1n) is 13.4. The van der Waals surface area contributed by atoms with Crippen LogP contribution in [-0.2, 0) is 22.0 Å². The van der Waals surface area contributed by atoms with Gasteiger partial charge in [0.15, 0.2) is 0 Å². The molecule has 6 nitrogen and oxygen atoms in total. The maximum atomic E-state index is 13.9. The Morgan fingerprint density at radius 3 is 2.15 bits per heavy atom. The van der Waals surface area contributed by atoms with Gasteiger partial charge in [0.25, 0.3) is 15.9 Å². The van der Waals surface area contributed by atoms with E-state index in [4.69, 9.17) is 16.3 Å². The summed E-state index contributed by atoms with van der Waals surface area (Å²) in [5, 5.41) is 3.42. The van der Waals surface area contributed by atoms with E-state index in [2.05, 4.69) is 26.1 Å². The summed E-state index contributed by atoms with van der Waals surface area (Å²) in [5.74, 6) is 0.318. The summed E-state index contributed by atoms with van der Waals surface area (Å²) < 4.78 is 35.0. The van der Waals surface area contributed by atoms with Gasteiger partial charge in [0, 0.05) is 5.02 Å². The predicted octanol–water partition coefficient (Wildman–Crippen LogP) is 7.15. The number of benzene rings is 4. The van der Waals surface area contributed by atoms with Crippen molar-refractivity contribution < 1.29 is 17.9 Å². The van der Waals surface area contributed by atoms with Crippen molar-refractivity contribution in [2.45, 2.75) is 44.6 Å². The first-order valence-corrected chi connectivity index (χ1v) is 15.2. The van der Waals surface area contributed by atoms with Gasteiger partial charge in [0.2, 0.25) is 0 Å². The van der Waals surface area contributed by atoms with Gasteiger partial charge in [-0.25, -0.2) is 8.42 Å². The van der Waals surface area contributed by atoms with Gasteiger partial charge in [-0.15, -0.1) is 0 Å². The summed E-state index contributed by atoms with van der Waals surface area (Å²) in [6.07, 6.45) is 0. The van der Waals surface area contributed by atoms with Gasteiger partial charge in [-0.05, 0) is 72.0 Å². The molecular formula is C33H35ClN2O4S. The Kier molecular flexibility index (Phi) is 9.41. The fraction of sp³-hybridized carbons (Fsp3) is 0.242. The largest absolute Gasteiger partial charge is 0.492 e. The van der Waals surface area contributed by atoms with E-state index in [0.717, 1.165) is 11.1 Å². The van der Waals surface area contributed by atoms with Gasteiger partial charge in [0.1, 0.15) is 12.4 Å². The van der Waals surface area contributed by atoms with Crippen LogP contribution in [0.4, 0.5) is 5.69 Å². The van der Waals surface area contributed by atoms with E-state index in [1.807, 2.05) is 31.2 Å². The van der Waals surface area contributed by atoms with Gasteiger partial charge >= 0.3 is 0 Å². The summed E-state index contributed by atoms with van der Waals surface area (Å²) in [4.78, 5) is 13.5. The molecule has 0 spiro atoms. The van der Waals surface area contributed by atoms with Gasteiger partial charge in [-0.3, -0.25) is 9.10 Å². The number of carbonyl (C=O) groups excluding carboxylic acids is 1. The molecule has 0 bridgehead atoms. The highest BCUT2D eigenvalue weighted by Crippen LogP contribution is 2.30. The normalized spacial score (nSPS) is 11.6. The van der Waals surface area contributed by atoms with E-state index in [-0.39, 0.29) is 41.3 Å². The number of hydrogen-bond acceptors (Lipinski definition) is 4. The number of carbonyl (C=O) groups is 1. The Labute approximate surface area is 248 Å². The van der Waals surface area contributed by atoms with Crippen molar-refractivity contribution in [3.8, 4) is 5.75 Å². The van der Waals surface area contributed by atoms with Crippen molar-refractivity contribution in [2.24, 2.45) is 0 Å². The van der Waals surface area contributed by atoms with E-state index in [0.29, 0.717) is 10.8 Å². The van der Waals surface area contributed by atoms with Crippen molar-refractivity contribution >= 4 is 33.2 Å². The summed E-state index contributed by atoms with van der Waals surface area (Å²) in [6.45, 7) is 8.88. The highest BCUT2D eigenvalue weighted by atomic mass is 35.5. The monoisotopic (exact) mass is 590 g/mol. The molecule has 0 aliphatic heterocycles. The summed E-state index contributed by atoms with van der Waals surface area (Å²) in [5.41, 5.74) is 3.45. The van der Waals surface area contributed by atoms with E-state index in [1.165, 1.54) is 9.87 Å². The second kappa shape index (κ2) is 12.8. The number of hydrogen-bond donors (Lipinski definition) is 1. The molecule has 0 unspecified atom stereocenters. The Bertz CT molecular complexity index is 1580. The summed E-state index contributed by atoms with van der Waals surface area (Å²) in [7, 11) is -4.01. The maximum absolute atomic E-state index is 13.9. The number of para-hydroxylation sites is 1. The molecule has 4 aromatic carbocycles. The van der Waals surface area contributed by atoms with Crippen molar-refractivity contribution in [1.29, 1.82) is 0 Å². The molecule has 0 saturated carbocycles. The highest BCUT2D eigenvalue weighted by molar-refractivity contribution is 7.92. The van der Waals surface area contributed by atoms with Crippen LogP contribution in [0.15, 0.2) is 102 Å². The molecular weight excluding hydrogens is 556 g/mol. The molecule has 0 heterocycles. The number of halogens is 1. The molecule has 0 saturated heterocycles. The summed E-state index contributed by atoms with van der Waals surface area (Å²) in [6, 6.07) is 28.2. The average molecular weight is 591 g/mol. The molecule has 1 N–H and O–H groups in total. The lowest BCUT2D eigenvalue weighted by molar-refractivity contribution is 0.0947. The molecule has 0 aliphatic carbocycles. The van der Waals surface area contributed by atoms with Crippen LogP contribution in [0.2, 0.25) is 5.02 Å². The Morgan fingerprint density at radius 1 is 0.878 bits per heavy atom. The quantitative estimate of drug-likeness (QED) is 0.199. The minimum Gasteiger partial charge on any atom is -0.492 e. The molecule has 0 aliphatic rings. The molecule has 41 heavy (non-hydrogen) atoms. The molecule has 0 radical (unpaired) electrons. The topological polar surface area (TPSA) is 75.7 Å². The number of sulfonamides is 1. The SMILES string of the molecule is Cc1ccc(S(=O)(=O)N(Cc2ccc(Cl)cc2)c2ccccc2C(=O)NCCOc2ccc(C(C)(C)C)cc2)cc1. The first-order chi connectivity index (χ1) is 19.4. The second-order valence-corrected chi connectivity index (χ2v) is 13.1. The predicted molar refractivity (Wildman–Crippen MR) is 165 cm³/mol. The molecule has 1 amide bonds. The number of nitrogens with zero attached hydrogens (tertiary/aromatic N) is 1. The van der Waals surface area contributed by atoms with E-state index in [9.17, 15) is 13.2 Å². The molecule has 214 valence electrons. The fourth-order valence-corrected chi connectivity index (χ4v) is 5.85. The molecule has 4 aromatic rings. The molecule has 0 aromatic heterocycles. The van der Waals surface area contributed by atoms with Crippen molar-refractivity contribution in [3.05, 3.63) is 124 Å². The van der Waals surface area contributed by atoms with Crippen LogP contribution in [0, 0.1) is 6.92 Å². The van der Waals surface area contributed by atoms with Crippen LogP contribution < -0.4 is 14.4 Å². The lowest BCUT2D eigenvalue weighted by Crippen LogP contribution is -2.34. The molecule has 4 rings (SSSR count). The zero-order valence-corrected chi connectivity index (χ0v) is 25.3.